The van der Waals surface area contributed by atoms with Gasteiger partial charge < -0.3 is 9.88 Å². The number of fused-ring (bicyclic) bond motifs is 2. The highest BCUT2D eigenvalue weighted by Crippen LogP contribution is 2.31. The summed E-state index contributed by atoms with van der Waals surface area (Å²) < 4.78 is 0. The molecule has 2 aromatic heterocycles. The standard InChI is InChI=1S/C21H21N5O/c22-11-16-15-5-3-1-2-4-6-19(15)25-20(17(16)12-23)26-10-8-14-7-9-24-21(27)18(14)13-26/h7,9H,1-6,8,10,13H2,(H,24,27). The fourth-order valence-electron chi connectivity index (χ4n) is 4.21. The molecule has 2 aromatic rings. The van der Waals surface area contributed by atoms with Crippen LogP contribution in [0.3, 0.4) is 0 Å². The number of nitriles is 2. The SMILES string of the molecule is N#Cc1c(N2CCc3cc[nH]c(=O)c3C2)nc2c(c1C#N)CCCCCC2. The number of anilines is 1. The number of aromatic amines is 1. The number of pyridine rings is 2. The third-order valence-corrected chi connectivity index (χ3v) is 5.64. The summed E-state index contributed by atoms with van der Waals surface area (Å²) in [5.41, 5.74) is 4.41. The summed E-state index contributed by atoms with van der Waals surface area (Å²) in [5, 5.41) is 19.6. The molecule has 6 nitrogen and oxygen atoms in total. The number of H-pyrrole nitrogens is 1. The van der Waals surface area contributed by atoms with Crippen molar-refractivity contribution in [1.82, 2.24) is 9.97 Å². The van der Waals surface area contributed by atoms with E-state index < -0.39 is 0 Å². The first-order valence-electron chi connectivity index (χ1n) is 9.53. The molecular formula is C21H21N5O. The first kappa shape index (κ1) is 17.3. The Hall–Kier alpha value is -3.12. The van der Waals surface area contributed by atoms with Crippen LogP contribution in [0.2, 0.25) is 0 Å². The van der Waals surface area contributed by atoms with Crippen LogP contribution in [-0.4, -0.2) is 16.5 Å². The van der Waals surface area contributed by atoms with E-state index >= 15 is 0 Å². The zero-order chi connectivity index (χ0) is 18.8. The quantitative estimate of drug-likeness (QED) is 0.844. The molecule has 0 atom stereocenters. The summed E-state index contributed by atoms with van der Waals surface area (Å²) in [4.78, 5) is 21.8. The van der Waals surface area contributed by atoms with Gasteiger partial charge in [-0.05, 0) is 49.3 Å². The van der Waals surface area contributed by atoms with E-state index in [0.717, 1.165) is 60.9 Å². The topological polar surface area (TPSA) is 96.6 Å². The van der Waals surface area contributed by atoms with Crippen molar-refractivity contribution >= 4 is 5.82 Å². The van der Waals surface area contributed by atoms with Gasteiger partial charge in [0.15, 0.2) is 0 Å². The number of rotatable bonds is 1. The maximum absolute atomic E-state index is 12.2. The molecule has 6 heteroatoms. The van der Waals surface area contributed by atoms with Crippen LogP contribution in [0.5, 0.6) is 0 Å². The summed E-state index contributed by atoms with van der Waals surface area (Å²) in [6.45, 7) is 1.10. The van der Waals surface area contributed by atoms with Gasteiger partial charge in [-0.3, -0.25) is 4.79 Å². The number of nitrogens with zero attached hydrogens (tertiary/aromatic N) is 4. The highest BCUT2D eigenvalue weighted by atomic mass is 16.1. The lowest BCUT2D eigenvalue weighted by Gasteiger charge is -2.31. The average Bonchev–Trinajstić information content (AvgIpc) is 2.67. The number of aromatic nitrogens is 2. The van der Waals surface area contributed by atoms with Crippen molar-refractivity contribution in [1.29, 1.82) is 10.5 Å². The molecule has 0 saturated heterocycles. The van der Waals surface area contributed by atoms with Crippen molar-refractivity contribution in [2.75, 3.05) is 11.4 Å². The van der Waals surface area contributed by atoms with Crippen molar-refractivity contribution < 1.29 is 0 Å². The number of nitrogens with one attached hydrogen (secondary N) is 1. The summed E-state index contributed by atoms with van der Waals surface area (Å²) in [6, 6.07) is 6.44. The minimum absolute atomic E-state index is 0.0949. The molecule has 0 unspecified atom stereocenters. The third-order valence-electron chi connectivity index (χ3n) is 5.64. The van der Waals surface area contributed by atoms with Gasteiger partial charge in [0.25, 0.3) is 5.56 Å². The second-order valence-electron chi connectivity index (χ2n) is 7.23. The minimum atomic E-state index is -0.0949. The van der Waals surface area contributed by atoms with E-state index in [-0.39, 0.29) is 5.56 Å². The Morgan fingerprint density at radius 3 is 2.56 bits per heavy atom. The molecule has 2 aliphatic rings. The van der Waals surface area contributed by atoms with Gasteiger partial charge in [0, 0.05) is 24.0 Å². The lowest BCUT2D eigenvalue weighted by molar-refractivity contribution is 0.605. The normalized spacial score (nSPS) is 16.3. The molecule has 0 aromatic carbocycles. The molecule has 0 saturated carbocycles. The van der Waals surface area contributed by atoms with Crippen LogP contribution < -0.4 is 10.5 Å². The molecule has 1 N–H and O–H groups in total. The van der Waals surface area contributed by atoms with Crippen LogP contribution in [-0.2, 0) is 25.8 Å². The minimum Gasteiger partial charge on any atom is -0.351 e. The van der Waals surface area contributed by atoms with Crippen molar-refractivity contribution in [2.45, 2.75) is 51.5 Å². The zero-order valence-electron chi connectivity index (χ0n) is 15.2. The lowest BCUT2D eigenvalue weighted by Crippen LogP contribution is -2.36. The molecular weight excluding hydrogens is 338 g/mol. The van der Waals surface area contributed by atoms with Gasteiger partial charge in [0.05, 0.1) is 12.1 Å². The van der Waals surface area contributed by atoms with E-state index in [0.29, 0.717) is 30.0 Å². The van der Waals surface area contributed by atoms with Crippen LogP contribution in [0.15, 0.2) is 17.1 Å². The number of hydrogen-bond acceptors (Lipinski definition) is 5. The Morgan fingerprint density at radius 1 is 1.00 bits per heavy atom. The predicted octanol–water partition coefficient (Wildman–Crippen LogP) is 2.73. The molecule has 0 fully saturated rings. The maximum atomic E-state index is 12.2. The maximum Gasteiger partial charge on any atom is 0.253 e. The fraction of sp³-hybridized carbons (Fsp3) is 0.429. The van der Waals surface area contributed by atoms with E-state index in [4.69, 9.17) is 4.98 Å². The number of hydrogen-bond donors (Lipinski definition) is 1. The van der Waals surface area contributed by atoms with Gasteiger partial charge in [0.2, 0.25) is 0 Å². The van der Waals surface area contributed by atoms with Crippen molar-refractivity contribution in [2.24, 2.45) is 0 Å². The van der Waals surface area contributed by atoms with Crippen LogP contribution >= 0.6 is 0 Å². The molecule has 4 rings (SSSR count). The summed E-state index contributed by atoms with van der Waals surface area (Å²) in [5.74, 6) is 0.558. The molecule has 3 heterocycles. The molecule has 0 radical (unpaired) electrons. The Kier molecular flexibility index (Phi) is 4.64. The first-order chi connectivity index (χ1) is 13.2. The van der Waals surface area contributed by atoms with Crippen molar-refractivity contribution in [3.05, 3.63) is 56.1 Å². The summed E-state index contributed by atoms with van der Waals surface area (Å²) in [7, 11) is 0. The van der Waals surface area contributed by atoms with Gasteiger partial charge >= 0.3 is 0 Å². The van der Waals surface area contributed by atoms with E-state index in [1.54, 1.807) is 6.20 Å². The van der Waals surface area contributed by atoms with Crippen LogP contribution in [0.1, 0.15) is 59.2 Å². The van der Waals surface area contributed by atoms with E-state index in [1.807, 2.05) is 11.0 Å². The van der Waals surface area contributed by atoms with E-state index in [9.17, 15) is 15.3 Å². The van der Waals surface area contributed by atoms with Gasteiger partial charge in [0.1, 0.15) is 23.5 Å². The molecule has 1 aliphatic heterocycles. The first-order valence-corrected chi connectivity index (χ1v) is 9.53. The van der Waals surface area contributed by atoms with Crippen LogP contribution in [0.4, 0.5) is 5.82 Å². The predicted molar refractivity (Wildman–Crippen MR) is 101 cm³/mol. The lowest BCUT2D eigenvalue weighted by atomic mass is 9.91. The monoisotopic (exact) mass is 359 g/mol. The summed E-state index contributed by atoms with van der Waals surface area (Å²) in [6.07, 6.45) is 8.46. The Labute approximate surface area is 158 Å². The van der Waals surface area contributed by atoms with Gasteiger partial charge in [-0.1, -0.05) is 12.8 Å². The average molecular weight is 359 g/mol. The van der Waals surface area contributed by atoms with Crippen LogP contribution in [0.25, 0.3) is 0 Å². The van der Waals surface area contributed by atoms with E-state index in [2.05, 4.69) is 17.1 Å². The second kappa shape index (κ2) is 7.25. The smallest absolute Gasteiger partial charge is 0.253 e. The highest BCUT2D eigenvalue weighted by Gasteiger charge is 2.27. The fourth-order valence-corrected chi connectivity index (χ4v) is 4.21. The van der Waals surface area contributed by atoms with Crippen LogP contribution in [0, 0.1) is 22.7 Å². The Bertz CT molecular complexity index is 1020. The molecule has 0 spiro atoms. The Balaban J connectivity index is 1.83. The van der Waals surface area contributed by atoms with Crippen molar-refractivity contribution in [3.8, 4) is 12.1 Å². The van der Waals surface area contributed by atoms with Crippen molar-refractivity contribution in [3.63, 3.8) is 0 Å². The highest BCUT2D eigenvalue weighted by molar-refractivity contribution is 5.65. The molecule has 27 heavy (non-hydrogen) atoms. The second-order valence-corrected chi connectivity index (χ2v) is 7.23. The molecule has 0 bridgehead atoms. The Morgan fingerprint density at radius 2 is 1.78 bits per heavy atom. The van der Waals surface area contributed by atoms with E-state index in [1.165, 1.54) is 6.42 Å². The zero-order valence-corrected chi connectivity index (χ0v) is 15.2. The number of aryl methyl sites for hydroxylation is 1. The largest absolute Gasteiger partial charge is 0.351 e. The molecule has 136 valence electrons. The third kappa shape index (κ3) is 3.08. The van der Waals surface area contributed by atoms with Gasteiger partial charge in [-0.15, -0.1) is 0 Å². The van der Waals surface area contributed by atoms with Gasteiger partial charge in [-0.2, -0.15) is 10.5 Å². The molecule has 1 aliphatic carbocycles. The molecule has 0 amide bonds. The van der Waals surface area contributed by atoms with Gasteiger partial charge in [-0.25, -0.2) is 4.98 Å². The summed E-state index contributed by atoms with van der Waals surface area (Å²) >= 11 is 0.